The Morgan fingerprint density at radius 1 is 1.10 bits per heavy atom. The van der Waals surface area contributed by atoms with Gasteiger partial charge in [-0.15, -0.1) is 0 Å². The van der Waals surface area contributed by atoms with E-state index in [9.17, 15) is 4.79 Å². The number of rotatable bonds is 3. The molecule has 2 aromatic rings. The fourth-order valence-corrected chi connectivity index (χ4v) is 3.09. The van der Waals surface area contributed by atoms with Crippen LogP contribution in [0.1, 0.15) is 5.56 Å². The molecule has 3 rings (SSSR count). The number of amidine groups is 1. The topological polar surface area (TPSA) is 32.7 Å². The average molecular weight is 363 g/mol. The number of amides is 1. The third kappa shape index (κ3) is 3.03. The second-order valence-electron chi connectivity index (χ2n) is 4.77. The Morgan fingerprint density at radius 3 is 2.43 bits per heavy atom. The molecule has 5 heteroatoms. The molecule has 0 unspecified atom stereocenters. The zero-order valence-electron chi connectivity index (χ0n) is 11.1. The molecule has 3 nitrogen and oxygen atoms in total. The molecule has 0 saturated carbocycles. The van der Waals surface area contributed by atoms with Gasteiger partial charge in [-0.25, -0.2) is 0 Å². The first-order valence-electron chi connectivity index (χ1n) is 6.53. The van der Waals surface area contributed by atoms with Crippen molar-refractivity contribution in [2.24, 2.45) is 4.99 Å². The van der Waals surface area contributed by atoms with Crippen molar-refractivity contribution in [2.45, 2.75) is 12.5 Å². The quantitative estimate of drug-likeness (QED) is 0.773. The van der Waals surface area contributed by atoms with Crippen molar-refractivity contribution < 1.29 is 4.79 Å². The van der Waals surface area contributed by atoms with Crippen LogP contribution >= 0.6 is 11.6 Å². The van der Waals surface area contributed by atoms with E-state index in [1.54, 1.807) is 17.0 Å². The van der Waals surface area contributed by atoms with Crippen LogP contribution in [-0.2, 0) is 11.2 Å². The first-order chi connectivity index (χ1) is 10.1. The van der Waals surface area contributed by atoms with E-state index >= 15 is 0 Å². The number of hydrogen-bond donors (Lipinski definition) is 0. The Morgan fingerprint density at radius 2 is 1.76 bits per heavy atom. The second kappa shape index (κ2) is 6.02. The maximum atomic E-state index is 12.6. The number of aliphatic imine (C=N–C) groups is 1. The Balaban J connectivity index is 1.82. The zero-order chi connectivity index (χ0) is 14.8. The second-order valence-corrected chi connectivity index (χ2v) is 5.97. The standard InChI is InChI=1S/C16H12ClN2OSe/c17-12-6-8-13(9-7-12)19-15(20)14(18-16(19)21)10-11-4-2-1-3-5-11/h1-9,14H,10H2/t14-/m0/s1. The van der Waals surface area contributed by atoms with Gasteiger partial charge in [-0.2, -0.15) is 0 Å². The molecule has 0 aliphatic carbocycles. The number of nitrogens with zero attached hydrogens (tertiary/aromatic N) is 2. The molecule has 0 N–H and O–H groups in total. The number of halogens is 1. The van der Waals surface area contributed by atoms with Crippen molar-refractivity contribution in [3.05, 3.63) is 65.2 Å². The minimum atomic E-state index is -0.376. The third-order valence-electron chi connectivity index (χ3n) is 3.32. The molecule has 1 aliphatic rings. The molecule has 1 heterocycles. The van der Waals surface area contributed by atoms with Crippen molar-refractivity contribution in [1.29, 1.82) is 0 Å². The van der Waals surface area contributed by atoms with Crippen molar-refractivity contribution in [1.82, 2.24) is 0 Å². The van der Waals surface area contributed by atoms with Crippen molar-refractivity contribution in [3.8, 4) is 0 Å². The van der Waals surface area contributed by atoms with Gasteiger partial charge in [-0.3, -0.25) is 0 Å². The van der Waals surface area contributed by atoms with Gasteiger partial charge < -0.3 is 0 Å². The molecule has 1 atom stereocenters. The fourth-order valence-electron chi connectivity index (χ4n) is 2.29. The van der Waals surface area contributed by atoms with E-state index in [1.807, 2.05) is 42.5 Å². The first-order valence-corrected chi connectivity index (χ1v) is 7.77. The van der Waals surface area contributed by atoms with Gasteiger partial charge in [0.05, 0.1) is 0 Å². The summed E-state index contributed by atoms with van der Waals surface area (Å²) in [6.45, 7) is 0. The van der Waals surface area contributed by atoms with E-state index in [0.29, 0.717) is 16.2 Å². The molecular formula is C16H12ClN2OSe. The summed E-state index contributed by atoms with van der Waals surface area (Å²) in [4.78, 5) is 18.6. The van der Waals surface area contributed by atoms with Crippen molar-refractivity contribution >= 4 is 43.9 Å². The maximum absolute atomic E-state index is 12.6. The van der Waals surface area contributed by atoms with Crippen LogP contribution in [0.2, 0.25) is 5.02 Å². The van der Waals surface area contributed by atoms with Gasteiger partial charge in [-0.1, -0.05) is 0 Å². The SMILES string of the molecule is O=C1[C@H](Cc2ccccc2)N=C([Se])N1c1ccc(Cl)cc1. The van der Waals surface area contributed by atoms with Crippen LogP contribution in [0.3, 0.4) is 0 Å². The Labute approximate surface area is 136 Å². The predicted octanol–water partition coefficient (Wildman–Crippen LogP) is 2.82. The summed E-state index contributed by atoms with van der Waals surface area (Å²) in [5, 5.41) is 0.643. The van der Waals surface area contributed by atoms with Gasteiger partial charge in [0, 0.05) is 0 Å². The number of carbonyl (C=O) groups excluding carboxylic acids is 1. The van der Waals surface area contributed by atoms with Crippen LogP contribution < -0.4 is 4.90 Å². The van der Waals surface area contributed by atoms with Crippen molar-refractivity contribution in [3.63, 3.8) is 0 Å². The number of carbonyl (C=O) groups is 1. The summed E-state index contributed by atoms with van der Waals surface area (Å²) in [5.74, 6) is -0.0186. The molecule has 0 aromatic heterocycles. The molecule has 0 spiro atoms. The summed E-state index contributed by atoms with van der Waals surface area (Å²) in [6.07, 6.45) is 0.606. The van der Waals surface area contributed by atoms with E-state index < -0.39 is 0 Å². The molecule has 0 fully saturated rings. The first kappa shape index (κ1) is 14.3. The van der Waals surface area contributed by atoms with Gasteiger partial charge in [-0.05, 0) is 0 Å². The Bertz CT molecular complexity index is 685. The van der Waals surface area contributed by atoms with Gasteiger partial charge in [0.25, 0.3) is 0 Å². The van der Waals surface area contributed by atoms with Crippen LogP contribution in [0.5, 0.6) is 0 Å². The zero-order valence-corrected chi connectivity index (χ0v) is 13.5. The molecule has 1 radical (unpaired) electrons. The number of anilines is 1. The van der Waals surface area contributed by atoms with Crippen LogP contribution in [-0.4, -0.2) is 32.7 Å². The molecule has 1 amide bonds. The van der Waals surface area contributed by atoms with Gasteiger partial charge >= 0.3 is 136 Å². The molecule has 0 saturated heterocycles. The number of hydrogen-bond acceptors (Lipinski definition) is 2. The van der Waals surface area contributed by atoms with E-state index in [-0.39, 0.29) is 11.9 Å². The third-order valence-corrected chi connectivity index (χ3v) is 4.18. The van der Waals surface area contributed by atoms with E-state index in [0.717, 1.165) is 11.3 Å². The Kier molecular flexibility index (Phi) is 4.11. The fraction of sp³-hybridized carbons (Fsp3) is 0.125. The van der Waals surface area contributed by atoms with Gasteiger partial charge in [0.1, 0.15) is 0 Å². The molecule has 105 valence electrons. The van der Waals surface area contributed by atoms with E-state index in [4.69, 9.17) is 11.6 Å². The molecule has 1 aliphatic heterocycles. The van der Waals surface area contributed by atoms with Crippen LogP contribution in [0, 0.1) is 0 Å². The molecule has 2 aromatic carbocycles. The van der Waals surface area contributed by atoms with Crippen LogP contribution in [0.4, 0.5) is 5.69 Å². The van der Waals surface area contributed by atoms with E-state index in [1.165, 1.54) is 0 Å². The monoisotopic (exact) mass is 363 g/mol. The van der Waals surface area contributed by atoms with Crippen LogP contribution in [0.15, 0.2) is 59.6 Å². The van der Waals surface area contributed by atoms with Crippen molar-refractivity contribution in [2.75, 3.05) is 4.90 Å². The summed E-state index contributed by atoms with van der Waals surface area (Å²) >= 11 is 8.76. The summed E-state index contributed by atoms with van der Waals surface area (Å²) in [7, 11) is 0. The molecule has 0 bridgehead atoms. The van der Waals surface area contributed by atoms with Crippen LogP contribution in [0.25, 0.3) is 0 Å². The summed E-state index contributed by atoms with van der Waals surface area (Å²) < 4.78 is 0.600. The number of benzene rings is 2. The summed E-state index contributed by atoms with van der Waals surface area (Å²) in [5.41, 5.74) is 1.88. The predicted molar refractivity (Wildman–Crippen MR) is 86.1 cm³/mol. The minimum absolute atomic E-state index is 0.0186. The van der Waals surface area contributed by atoms with Gasteiger partial charge in [0.15, 0.2) is 0 Å². The normalized spacial score (nSPS) is 18.0. The molecular weight excluding hydrogens is 351 g/mol. The molecule has 21 heavy (non-hydrogen) atoms. The summed E-state index contributed by atoms with van der Waals surface area (Å²) in [6, 6.07) is 16.7. The Hall–Kier alpha value is -1.61. The average Bonchev–Trinajstić information content (AvgIpc) is 2.76. The van der Waals surface area contributed by atoms with E-state index in [2.05, 4.69) is 21.0 Å². The van der Waals surface area contributed by atoms with Gasteiger partial charge in [0.2, 0.25) is 0 Å².